The molecule has 29 heavy (non-hydrogen) atoms. The fourth-order valence-electron chi connectivity index (χ4n) is 3.22. The molecule has 0 spiro atoms. The van der Waals surface area contributed by atoms with Crippen LogP contribution in [0.4, 0.5) is 0 Å². The Labute approximate surface area is 170 Å². The molecule has 3 aromatic rings. The van der Waals surface area contributed by atoms with Gasteiger partial charge in [-0.3, -0.25) is 9.59 Å². The lowest BCUT2D eigenvalue weighted by atomic mass is 10.1. The minimum absolute atomic E-state index is 0.0120. The highest BCUT2D eigenvalue weighted by molar-refractivity contribution is 5.93. The smallest absolute Gasteiger partial charge is 0.287 e. The van der Waals surface area contributed by atoms with Crippen molar-refractivity contribution in [2.45, 2.75) is 19.9 Å². The van der Waals surface area contributed by atoms with Gasteiger partial charge in [-0.25, -0.2) is 0 Å². The number of likely N-dealkylation sites (N-methyl/N-ethyl adjacent to an activating group) is 1. The maximum Gasteiger partial charge on any atom is 0.287 e. The average molecular weight is 394 g/mol. The maximum atomic E-state index is 12.7. The second-order valence-corrected chi connectivity index (χ2v) is 7.37. The first kappa shape index (κ1) is 20.6. The van der Waals surface area contributed by atoms with Gasteiger partial charge in [0.1, 0.15) is 11.3 Å². The molecule has 1 N–H and O–H groups in total. The van der Waals surface area contributed by atoms with Crippen LogP contribution in [-0.4, -0.2) is 38.6 Å². The Morgan fingerprint density at radius 3 is 2.38 bits per heavy atom. The van der Waals surface area contributed by atoms with Crippen molar-refractivity contribution in [3.8, 4) is 5.75 Å². The highest BCUT2D eigenvalue weighted by Gasteiger charge is 2.18. The minimum Gasteiger partial charge on any atom is -0.497 e. The van der Waals surface area contributed by atoms with Crippen molar-refractivity contribution in [2.75, 3.05) is 27.7 Å². The third kappa shape index (κ3) is 4.49. The summed E-state index contributed by atoms with van der Waals surface area (Å²) in [7, 11) is 5.52. The summed E-state index contributed by atoms with van der Waals surface area (Å²) in [6.45, 7) is 4.25. The molecule has 1 amide bonds. The summed E-state index contributed by atoms with van der Waals surface area (Å²) in [5, 5.41) is 3.36. The molecule has 0 aliphatic rings. The normalized spacial score (nSPS) is 12.2. The average Bonchev–Trinajstić information content (AvgIpc) is 2.69. The van der Waals surface area contributed by atoms with Crippen molar-refractivity contribution in [2.24, 2.45) is 0 Å². The molecular weight excluding hydrogens is 368 g/mol. The first-order valence-electron chi connectivity index (χ1n) is 9.44. The van der Waals surface area contributed by atoms with E-state index >= 15 is 0 Å². The number of rotatable bonds is 6. The van der Waals surface area contributed by atoms with Crippen molar-refractivity contribution < 1.29 is 13.9 Å². The van der Waals surface area contributed by atoms with Crippen LogP contribution in [0.5, 0.6) is 5.75 Å². The van der Waals surface area contributed by atoms with Gasteiger partial charge < -0.3 is 19.4 Å². The fourth-order valence-corrected chi connectivity index (χ4v) is 3.22. The monoisotopic (exact) mass is 394 g/mol. The molecule has 6 heteroatoms. The number of nitrogens with zero attached hydrogens (tertiary/aromatic N) is 1. The molecule has 1 unspecified atom stereocenters. The zero-order valence-corrected chi connectivity index (χ0v) is 17.4. The molecule has 1 aromatic heterocycles. The Bertz CT molecular complexity index is 1080. The van der Waals surface area contributed by atoms with Crippen molar-refractivity contribution in [1.82, 2.24) is 10.2 Å². The van der Waals surface area contributed by atoms with Crippen molar-refractivity contribution in [3.05, 3.63) is 75.1 Å². The van der Waals surface area contributed by atoms with E-state index in [9.17, 15) is 9.59 Å². The summed E-state index contributed by atoms with van der Waals surface area (Å²) in [4.78, 5) is 27.1. The first-order chi connectivity index (χ1) is 13.8. The van der Waals surface area contributed by atoms with Gasteiger partial charge in [0, 0.05) is 12.6 Å². The Morgan fingerprint density at radius 1 is 1.10 bits per heavy atom. The van der Waals surface area contributed by atoms with Gasteiger partial charge in [0.2, 0.25) is 0 Å². The highest BCUT2D eigenvalue weighted by Crippen LogP contribution is 2.21. The molecule has 0 fully saturated rings. The largest absolute Gasteiger partial charge is 0.497 e. The molecule has 0 radical (unpaired) electrons. The summed E-state index contributed by atoms with van der Waals surface area (Å²) < 4.78 is 10.9. The van der Waals surface area contributed by atoms with Crippen LogP contribution in [0, 0.1) is 13.8 Å². The van der Waals surface area contributed by atoms with Crippen molar-refractivity contribution >= 4 is 16.9 Å². The SMILES string of the molecule is COc1ccc(C(CNC(=O)c2cc(=O)c3cc(C)c(C)cc3o2)N(C)C)cc1. The predicted molar refractivity (Wildman–Crippen MR) is 114 cm³/mol. The number of nitrogens with one attached hydrogen (secondary N) is 1. The van der Waals surface area contributed by atoms with Gasteiger partial charge in [-0.15, -0.1) is 0 Å². The number of fused-ring (bicyclic) bond motifs is 1. The van der Waals surface area contributed by atoms with E-state index in [4.69, 9.17) is 9.15 Å². The molecule has 1 atom stereocenters. The van der Waals surface area contributed by atoms with Gasteiger partial charge in [-0.05, 0) is 68.9 Å². The number of benzene rings is 2. The van der Waals surface area contributed by atoms with Crippen molar-refractivity contribution in [1.29, 1.82) is 0 Å². The topological polar surface area (TPSA) is 71.8 Å². The second-order valence-electron chi connectivity index (χ2n) is 7.37. The quantitative estimate of drug-likeness (QED) is 0.693. The van der Waals surface area contributed by atoms with E-state index in [1.165, 1.54) is 6.07 Å². The van der Waals surface area contributed by atoms with Gasteiger partial charge in [-0.2, -0.15) is 0 Å². The third-order valence-electron chi connectivity index (χ3n) is 5.15. The lowest BCUT2D eigenvalue weighted by molar-refractivity contribution is 0.0914. The highest BCUT2D eigenvalue weighted by atomic mass is 16.5. The van der Waals surface area contributed by atoms with E-state index in [2.05, 4.69) is 5.32 Å². The van der Waals surface area contributed by atoms with E-state index in [1.807, 2.05) is 57.1 Å². The molecule has 0 aliphatic heterocycles. The summed E-state index contributed by atoms with van der Waals surface area (Å²) >= 11 is 0. The summed E-state index contributed by atoms with van der Waals surface area (Å²) in [5.74, 6) is 0.374. The number of methoxy groups -OCH3 is 1. The molecule has 6 nitrogen and oxygen atoms in total. The maximum absolute atomic E-state index is 12.7. The van der Waals surface area contributed by atoms with Crippen LogP contribution in [0.1, 0.15) is 33.3 Å². The summed E-state index contributed by atoms with van der Waals surface area (Å²) in [6, 6.07) is 12.5. The third-order valence-corrected chi connectivity index (χ3v) is 5.15. The first-order valence-corrected chi connectivity index (χ1v) is 9.44. The molecule has 2 aromatic carbocycles. The van der Waals surface area contributed by atoms with Crippen LogP contribution >= 0.6 is 0 Å². The van der Waals surface area contributed by atoms with Crippen molar-refractivity contribution in [3.63, 3.8) is 0 Å². The zero-order valence-electron chi connectivity index (χ0n) is 17.4. The van der Waals surface area contributed by atoms with E-state index in [1.54, 1.807) is 19.2 Å². The molecule has 152 valence electrons. The van der Waals surface area contributed by atoms with Crippen LogP contribution in [0.3, 0.4) is 0 Å². The summed E-state index contributed by atoms with van der Waals surface area (Å²) in [5.41, 5.74) is 3.26. The number of amides is 1. The van der Waals surface area contributed by atoms with E-state index in [0.29, 0.717) is 17.5 Å². The lowest BCUT2D eigenvalue weighted by Gasteiger charge is -2.25. The number of ether oxygens (including phenoxy) is 1. The van der Waals surface area contributed by atoms with E-state index in [0.717, 1.165) is 22.4 Å². The Kier molecular flexibility index (Phi) is 6.03. The van der Waals surface area contributed by atoms with Gasteiger partial charge >= 0.3 is 0 Å². The number of carbonyl (C=O) groups is 1. The number of hydrogen-bond donors (Lipinski definition) is 1. The van der Waals surface area contributed by atoms with Crippen LogP contribution in [0.2, 0.25) is 0 Å². The number of carbonyl (C=O) groups excluding carboxylic acids is 1. The Balaban J connectivity index is 1.81. The zero-order chi connectivity index (χ0) is 21.1. The van der Waals surface area contributed by atoms with Crippen LogP contribution in [-0.2, 0) is 0 Å². The molecule has 0 saturated carbocycles. The van der Waals surface area contributed by atoms with Crippen LogP contribution in [0.15, 0.2) is 51.7 Å². The van der Waals surface area contributed by atoms with Crippen LogP contribution < -0.4 is 15.5 Å². The van der Waals surface area contributed by atoms with E-state index in [-0.39, 0.29) is 17.2 Å². The number of aryl methyl sites for hydroxylation is 2. The Hall–Kier alpha value is -3.12. The molecule has 0 bridgehead atoms. The molecule has 1 heterocycles. The predicted octanol–water partition coefficient (Wildman–Crippen LogP) is 3.45. The van der Waals surface area contributed by atoms with Gasteiger partial charge in [0.25, 0.3) is 5.91 Å². The van der Waals surface area contributed by atoms with Crippen LogP contribution in [0.25, 0.3) is 11.0 Å². The summed E-state index contributed by atoms with van der Waals surface area (Å²) in [6.07, 6.45) is 0. The molecule has 0 aliphatic carbocycles. The number of hydrogen-bond acceptors (Lipinski definition) is 5. The van der Waals surface area contributed by atoms with Gasteiger partial charge in [0.05, 0.1) is 18.5 Å². The van der Waals surface area contributed by atoms with Gasteiger partial charge in [-0.1, -0.05) is 12.1 Å². The minimum atomic E-state index is -0.414. The standard InChI is InChI=1S/C23H26N2O4/c1-14-10-18-20(26)12-22(29-21(18)11-15(14)2)23(27)24-13-19(25(3)4)16-6-8-17(28-5)9-7-16/h6-12,19H,13H2,1-5H3,(H,24,27). The second kappa shape index (κ2) is 8.49. The van der Waals surface area contributed by atoms with E-state index < -0.39 is 5.91 Å². The lowest BCUT2D eigenvalue weighted by Crippen LogP contribution is -2.34. The molecule has 0 saturated heterocycles. The van der Waals surface area contributed by atoms with Gasteiger partial charge in [0.15, 0.2) is 11.2 Å². The fraction of sp³-hybridized carbons (Fsp3) is 0.304. The Morgan fingerprint density at radius 2 is 1.76 bits per heavy atom. The molecule has 3 rings (SSSR count). The molecular formula is C23H26N2O4.